The number of Topliss-reactive ketones (excluding diaryl/α,β-unsaturated/α-hetero) is 2. The number of aliphatic hydroxyl groups is 5. The topological polar surface area (TPSA) is 357 Å². The van der Waals surface area contributed by atoms with Gasteiger partial charge in [0.2, 0.25) is 5.43 Å². The number of esters is 1. The standard InChI is InChI=1S/C45H74O11.C30H23N5O.C24H30O6/c1-12-34-17-15-13-14-16-27(4)42(51)44(11,53)43(52)32(9)40(50)31(8)39(49)30(7)38(48)26(3)18-21-37(47)54-41-29(6)35(20-19-34)55-45(33(41)10)23-22-25(2)36(56-45)24-28(5)46;1-30(2,18-31)22-9-11-23(12-10-22)35-28-24-15-19(21-14-20-6-4-5-7-25(20)32-16-21)8-13-26(24)33-17-27(28)34(3)29(35)36;1-12(2)6-8-14-16(25)10-19-21(22(14)27)23(28)20-15(9-7-13(3)4)24(29-5)17(26)11-18(20)30-19/h13-15,17-18,21,25-36,38,40-42,46,48,50-51,53H,12,16,19-20,22-24H2,1-11H3;4-17H,1-3H3;10-13,25-27H,6-9H2,1-5H3/b14-13+,17-15+,21-18+;;/t25-,26-,27+,28?,29+,30-,31-,32-,33-,34-,35-,36?,38+,40+,41+,42-,44+,45-;;/m1../s1. The number of aliphatic hydroxyl groups excluding tert-OH is 4. The molecule has 4 aromatic heterocycles. The Morgan fingerprint density at radius 3 is 2.02 bits per heavy atom. The zero-order valence-electron chi connectivity index (χ0n) is 74.3. The zero-order chi connectivity index (χ0) is 89.5. The van der Waals surface area contributed by atoms with Crippen molar-refractivity contribution < 1.29 is 78.6 Å². The fourth-order valence-electron chi connectivity index (χ4n) is 17.6. The first-order valence-electron chi connectivity index (χ1n) is 43.3. The van der Waals surface area contributed by atoms with Crippen LogP contribution in [-0.4, -0.2) is 139 Å². The number of nitrogens with zero attached hydrogens (tertiary/aromatic N) is 5. The molecular formula is C99H127N5O18. The molecule has 18 atom stereocenters. The quantitative estimate of drug-likeness (QED) is 0.0392. The molecule has 122 heavy (non-hydrogen) atoms. The number of hydrogen-bond acceptors (Lipinski definition) is 21. The summed E-state index contributed by atoms with van der Waals surface area (Å²) in [5.41, 5.74) is 4.80. The molecular weight excluding hydrogens is 1550 g/mol. The third-order valence-corrected chi connectivity index (χ3v) is 25.8. The van der Waals surface area contributed by atoms with E-state index in [1.165, 1.54) is 59.1 Å². The Balaban J connectivity index is 0.000000203. The number of aryl methyl sites for hydroxylation is 2. The first kappa shape index (κ1) is 94.4. The van der Waals surface area contributed by atoms with Crippen LogP contribution < -0.4 is 15.9 Å². The lowest BCUT2D eigenvalue weighted by Crippen LogP contribution is -2.62. The molecule has 3 aliphatic heterocycles. The van der Waals surface area contributed by atoms with Gasteiger partial charge in [-0.1, -0.05) is 157 Å². The maximum atomic E-state index is 13.5. The number of hydrogen-bond donors (Lipinski definition) is 8. The van der Waals surface area contributed by atoms with Crippen LogP contribution in [0.3, 0.4) is 0 Å². The predicted octanol–water partition coefficient (Wildman–Crippen LogP) is 17.0. The number of imidazole rings is 1. The molecule has 3 aliphatic rings. The van der Waals surface area contributed by atoms with Crippen LogP contribution in [0.25, 0.3) is 71.6 Å². The normalized spacial score (nSPS) is 27.9. The Morgan fingerprint density at radius 2 is 1.37 bits per heavy atom. The maximum Gasteiger partial charge on any atom is 0.333 e. The maximum absolute atomic E-state index is 13.5. The number of fused-ring (bicyclic) bond motifs is 8. The number of ether oxygens (including phenoxy) is 4. The minimum absolute atomic E-state index is 0.0394. The Kier molecular flexibility index (Phi) is 30.7. The number of carbonyl (C=O) groups is 3. The zero-order valence-corrected chi connectivity index (χ0v) is 74.3. The molecule has 0 aliphatic carbocycles. The number of carbonyl (C=O) groups excluding carboxylic acids is 3. The van der Waals surface area contributed by atoms with E-state index in [4.69, 9.17) is 23.4 Å². The van der Waals surface area contributed by atoms with Crippen LogP contribution in [0.4, 0.5) is 0 Å². The number of phenolic OH excluding ortho intramolecular Hbond substituents is 3. The van der Waals surface area contributed by atoms with E-state index in [0.29, 0.717) is 61.5 Å². The van der Waals surface area contributed by atoms with Gasteiger partial charge in [0.25, 0.3) is 0 Å². The number of benzene rings is 5. The number of pyridine rings is 2. The van der Waals surface area contributed by atoms with Crippen molar-refractivity contribution in [3.63, 3.8) is 0 Å². The van der Waals surface area contributed by atoms with Gasteiger partial charge in [-0.3, -0.25) is 33.5 Å². The number of aromatic nitrogens is 4. The molecule has 2 bridgehead atoms. The average molecular weight is 1680 g/mol. The number of ketones is 2. The molecule has 12 rings (SSSR count). The summed E-state index contributed by atoms with van der Waals surface area (Å²) in [6.07, 6.45) is 15.8. The fourth-order valence-corrected chi connectivity index (χ4v) is 17.6. The van der Waals surface area contributed by atoms with Crippen LogP contribution in [0.2, 0.25) is 0 Å². The molecule has 2 unspecified atom stereocenters. The summed E-state index contributed by atoms with van der Waals surface area (Å²) in [4.78, 5) is 76.7. The molecule has 9 aromatic rings. The molecule has 5 aromatic carbocycles. The summed E-state index contributed by atoms with van der Waals surface area (Å²) in [7, 11) is 3.21. The highest BCUT2D eigenvalue weighted by molar-refractivity contribution is 6.05. The van der Waals surface area contributed by atoms with Crippen molar-refractivity contribution in [2.45, 2.75) is 248 Å². The van der Waals surface area contributed by atoms with Gasteiger partial charge in [-0.2, -0.15) is 5.26 Å². The van der Waals surface area contributed by atoms with Crippen LogP contribution in [0.15, 0.2) is 148 Å². The first-order chi connectivity index (χ1) is 57.6. The second-order valence-corrected chi connectivity index (χ2v) is 36.2. The number of phenols is 3. The smallest absolute Gasteiger partial charge is 0.333 e. The predicted molar refractivity (Wildman–Crippen MR) is 476 cm³/mol. The number of aromatic hydroxyl groups is 3. The van der Waals surface area contributed by atoms with E-state index in [-0.39, 0.29) is 86.5 Å². The fraction of sp³-hybridized carbons (Fsp3) is 0.515. The summed E-state index contributed by atoms with van der Waals surface area (Å²) in [5, 5.41) is 98.5. The molecule has 0 saturated carbocycles. The molecule has 0 radical (unpaired) electrons. The van der Waals surface area contributed by atoms with Crippen molar-refractivity contribution in [2.75, 3.05) is 7.11 Å². The lowest BCUT2D eigenvalue weighted by atomic mass is 9.74. The second kappa shape index (κ2) is 39.7. The van der Waals surface area contributed by atoms with E-state index in [0.717, 1.165) is 87.3 Å². The van der Waals surface area contributed by atoms with Gasteiger partial charge in [0.15, 0.2) is 23.1 Å². The van der Waals surface area contributed by atoms with Gasteiger partial charge in [0, 0.05) is 101 Å². The Bertz CT molecular complexity index is 5490. The first-order valence-corrected chi connectivity index (χ1v) is 43.3. The van der Waals surface area contributed by atoms with Gasteiger partial charge in [0.1, 0.15) is 45.5 Å². The van der Waals surface area contributed by atoms with Crippen LogP contribution >= 0.6 is 0 Å². The van der Waals surface area contributed by atoms with Crippen LogP contribution in [0.1, 0.15) is 192 Å². The van der Waals surface area contributed by atoms with E-state index in [9.17, 15) is 70.1 Å². The molecule has 23 heteroatoms. The summed E-state index contributed by atoms with van der Waals surface area (Å²) >= 11 is 0. The van der Waals surface area contributed by atoms with E-state index in [2.05, 4.69) is 81.9 Å². The summed E-state index contributed by atoms with van der Waals surface area (Å²) < 4.78 is 34.6. The number of para-hydroxylation sites is 1. The lowest BCUT2D eigenvalue weighted by Gasteiger charge is -2.55. The van der Waals surface area contributed by atoms with Gasteiger partial charge in [-0.25, -0.2) is 9.59 Å². The Labute approximate surface area is 715 Å². The lowest BCUT2D eigenvalue weighted by molar-refractivity contribution is -0.371. The van der Waals surface area contributed by atoms with E-state index >= 15 is 0 Å². The monoisotopic (exact) mass is 1670 g/mol. The number of methoxy groups -OCH3 is 1. The molecule has 7 heterocycles. The third kappa shape index (κ3) is 20.5. The SMILES string of the molecule is CC[C@@H]1/C=C/C=C/C[C@H](C)[C@@H](O)[C@](C)(O)C(=O)[C@H](C)[C@@H](O)[C@H](C)C(=O)[C@H](C)[C@@H](O)[C@H](C)/C=C/C(=O)O[C@H]2[C@@H](C)[C@@H](CC1)O[C@@]1(CC[C@@H](C)C(CC(C)O)O1)[C@@H]2C.COc1c(O)cc2oc3cc(O)c(CCC(C)C)c(O)c3c(=O)c2c1CCC(C)C.Cn1c(=O)n(-c2ccc(C(C)(C)C#N)cc2)c2c3cc(-c4cnc5ccccc5c4)ccc3ncc21. The highest BCUT2D eigenvalue weighted by atomic mass is 16.7. The van der Waals surface area contributed by atoms with Crippen LogP contribution in [0.5, 0.6) is 23.0 Å². The van der Waals surface area contributed by atoms with E-state index < -0.39 is 99.9 Å². The molecule has 656 valence electrons. The number of allylic oxidation sites excluding steroid dienone is 4. The largest absolute Gasteiger partial charge is 0.507 e. The van der Waals surface area contributed by atoms with E-state index in [1.54, 1.807) is 43.1 Å². The highest BCUT2D eigenvalue weighted by Crippen LogP contribution is 2.50. The van der Waals surface area contributed by atoms with Gasteiger partial charge in [-0.05, 0) is 169 Å². The van der Waals surface area contributed by atoms with Gasteiger partial charge in [-0.15, -0.1) is 0 Å². The summed E-state index contributed by atoms with van der Waals surface area (Å²) in [5.74, 6) is -6.76. The molecule has 0 amide bonds. The van der Waals surface area contributed by atoms with Crippen LogP contribution in [0, 0.1) is 76.4 Å². The van der Waals surface area contributed by atoms with Gasteiger partial charge < -0.3 is 64.2 Å². The van der Waals surface area contributed by atoms with Crippen molar-refractivity contribution in [1.29, 1.82) is 5.26 Å². The summed E-state index contributed by atoms with van der Waals surface area (Å²) in [6.45, 7) is 31.1. The average Bonchev–Trinajstić information content (AvgIpc) is 1.72. The van der Waals surface area contributed by atoms with Crippen molar-refractivity contribution in [3.05, 3.63) is 171 Å². The number of rotatable bonds is 13. The summed E-state index contributed by atoms with van der Waals surface area (Å²) in [6, 6.07) is 29.0. The minimum Gasteiger partial charge on any atom is -0.507 e. The molecule has 1 spiro atoms. The Morgan fingerprint density at radius 1 is 0.721 bits per heavy atom. The van der Waals surface area contributed by atoms with Crippen molar-refractivity contribution in [2.24, 2.45) is 72.1 Å². The molecule has 2 saturated heterocycles. The van der Waals surface area contributed by atoms with Crippen LogP contribution in [-0.2, 0) is 53.9 Å². The molecule has 23 nitrogen and oxygen atoms in total. The minimum atomic E-state index is -2.18. The number of nitriles is 1. The highest BCUT2D eigenvalue weighted by Gasteiger charge is 2.56. The van der Waals surface area contributed by atoms with E-state index in [1.807, 2.05) is 107 Å². The molecule has 2 fully saturated rings. The molecule has 8 N–H and O–H groups in total. The second-order valence-electron chi connectivity index (χ2n) is 36.2. The van der Waals surface area contributed by atoms with Gasteiger partial charge >= 0.3 is 11.7 Å². The van der Waals surface area contributed by atoms with Crippen molar-refractivity contribution in [1.82, 2.24) is 19.1 Å². The van der Waals surface area contributed by atoms with Crippen molar-refractivity contribution in [3.8, 4) is 45.9 Å². The van der Waals surface area contributed by atoms with Crippen molar-refractivity contribution >= 4 is 72.3 Å². The third-order valence-electron chi connectivity index (χ3n) is 25.8. The Hall–Kier alpha value is -9.90. The van der Waals surface area contributed by atoms with Gasteiger partial charge in [0.05, 0.1) is 94.6 Å².